The number of phenolic OH excluding ortho intramolecular Hbond substituents is 1. The van der Waals surface area contributed by atoms with E-state index in [1.54, 1.807) is 30.3 Å². The van der Waals surface area contributed by atoms with Gasteiger partial charge in [0.2, 0.25) is 11.2 Å². The van der Waals surface area contributed by atoms with Crippen LogP contribution >= 0.6 is 0 Å². The van der Waals surface area contributed by atoms with E-state index in [1.807, 2.05) is 0 Å². The van der Waals surface area contributed by atoms with Crippen LogP contribution in [0, 0.1) is 0 Å². The van der Waals surface area contributed by atoms with Gasteiger partial charge in [-0.3, -0.25) is 9.59 Å². The van der Waals surface area contributed by atoms with Gasteiger partial charge in [0, 0.05) is 17.5 Å². The van der Waals surface area contributed by atoms with E-state index in [0.29, 0.717) is 58.7 Å². The second-order valence-electron chi connectivity index (χ2n) is 9.04. The highest BCUT2D eigenvalue weighted by molar-refractivity contribution is 5.94. The number of carbonyl (C=O) groups is 1. The zero-order chi connectivity index (χ0) is 27.3. The van der Waals surface area contributed by atoms with Crippen LogP contribution in [0.1, 0.15) is 23.5 Å². The molecule has 200 valence electrons. The van der Waals surface area contributed by atoms with Crippen molar-refractivity contribution in [2.24, 2.45) is 0 Å². The Bertz CT molecular complexity index is 1670. The lowest BCUT2D eigenvalue weighted by Crippen LogP contribution is -2.23. The van der Waals surface area contributed by atoms with E-state index in [9.17, 15) is 14.7 Å². The van der Waals surface area contributed by atoms with E-state index in [2.05, 4.69) is 0 Å². The number of methoxy groups -OCH3 is 3. The second-order valence-corrected chi connectivity index (χ2v) is 9.04. The first-order chi connectivity index (χ1) is 18.9. The Morgan fingerprint density at radius 2 is 1.64 bits per heavy atom. The van der Waals surface area contributed by atoms with Crippen LogP contribution in [0.2, 0.25) is 0 Å². The van der Waals surface area contributed by atoms with Gasteiger partial charge in [0.1, 0.15) is 41.9 Å². The minimum absolute atomic E-state index is 0.0309. The van der Waals surface area contributed by atoms with Gasteiger partial charge in [-0.25, -0.2) is 0 Å². The van der Waals surface area contributed by atoms with E-state index in [0.717, 1.165) is 0 Å². The largest absolute Gasteiger partial charge is 0.507 e. The standard InChI is InChI=1S/C29H24O10/c1-33-19-5-4-14(8-20(19)34-2)17-13-38-29-25-16(11-24(31)39-21(25)12-18(30)26(29)27(17)32)15-9-22(35-3)28-23(10-15)36-6-7-37-28/h4-5,8-10,12-13,16,30H,6-7,11H2,1-3H3. The summed E-state index contributed by atoms with van der Waals surface area (Å²) in [4.78, 5) is 26.3. The number of ether oxygens (including phenoxy) is 6. The zero-order valence-electron chi connectivity index (χ0n) is 21.4. The molecule has 1 atom stereocenters. The number of esters is 1. The first-order valence-electron chi connectivity index (χ1n) is 12.2. The van der Waals surface area contributed by atoms with Crippen LogP contribution in [0.15, 0.2) is 51.9 Å². The molecule has 0 saturated heterocycles. The average molecular weight is 533 g/mol. The smallest absolute Gasteiger partial charge is 0.312 e. The number of phenols is 1. The van der Waals surface area contributed by atoms with Crippen molar-refractivity contribution < 1.29 is 42.7 Å². The van der Waals surface area contributed by atoms with E-state index in [4.69, 9.17) is 32.8 Å². The fourth-order valence-electron chi connectivity index (χ4n) is 5.11. The maximum Gasteiger partial charge on any atom is 0.312 e. The third-order valence-electron chi connectivity index (χ3n) is 6.92. The van der Waals surface area contributed by atoms with Gasteiger partial charge in [-0.15, -0.1) is 0 Å². The molecule has 39 heavy (non-hydrogen) atoms. The van der Waals surface area contributed by atoms with Crippen molar-refractivity contribution in [3.63, 3.8) is 0 Å². The molecular formula is C29H24O10. The fraction of sp³-hybridized carbons (Fsp3) is 0.241. The number of aromatic hydroxyl groups is 1. The number of fused-ring (bicyclic) bond motifs is 4. The lowest BCUT2D eigenvalue weighted by atomic mass is 9.84. The van der Waals surface area contributed by atoms with E-state index >= 15 is 0 Å². The van der Waals surface area contributed by atoms with Crippen molar-refractivity contribution in [1.82, 2.24) is 0 Å². The molecule has 0 aliphatic carbocycles. The molecule has 1 N–H and O–H groups in total. The first kappa shape index (κ1) is 24.5. The molecule has 2 aliphatic rings. The average Bonchev–Trinajstić information content (AvgIpc) is 2.95. The SMILES string of the molecule is COc1ccc(-c2coc3c4c(cc(O)c3c2=O)OC(=O)CC4c2cc(OC)c3c(c2)OCCO3)cc1OC. The summed E-state index contributed by atoms with van der Waals surface area (Å²) in [5.41, 5.74) is 1.51. The van der Waals surface area contributed by atoms with Crippen molar-refractivity contribution >= 4 is 16.9 Å². The van der Waals surface area contributed by atoms with Crippen LogP contribution < -0.4 is 33.8 Å². The second kappa shape index (κ2) is 9.46. The minimum atomic E-state index is -0.579. The number of rotatable bonds is 5. The Balaban J connectivity index is 1.55. The summed E-state index contributed by atoms with van der Waals surface area (Å²) in [5, 5.41) is 10.9. The summed E-state index contributed by atoms with van der Waals surface area (Å²) in [6.07, 6.45) is 1.29. The molecular weight excluding hydrogens is 508 g/mol. The molecule has 0 saturated carbocycles. The van der Waals surface area contributed by atoms with Gasteiger partial charge in [-0.1, -0.05) is 6.07 Å². The quantitative estimate of drug-likeness (QED) is 0.292. The van der Waals surface area contributed by atoms with Gasteiger partial charge < -0.3 is 37.9 Å². The van der Waals surface area contributed by atoms with Gasteiger partial charge in [-0.05, 0) is 35.4 Å². The molecule has 4 aromatic rings. The van der Waals surface area contributed by atoms with E-state index in [1.165, 1.54) is 33.7 Å². The summed E-state index contributed by atoms with van der Waals surface area (Å²) in [5.74, 6) is 1.01. The highest BCUT2D eigenvalue weighted by Gasteiger charge is 2.35. The summed E-state index contributed by atoms with van der Waals surface area (Å²) in [7, 11) is 4.53. The highest BCUT2D eigenvalue weighted by Crippen LogP contribution is 2.49. The van der Waals surface area contributed by atoms with Crippen molar-refractivity contribution in [2.75, 3.05) is 34.5 Å². The lowest BCUT2D eigenvalue weighted by molar-refractivity contribution is -0.135. The fourth-order valence-corrected chi connectivity index (χ4v) is 5.11. The molecule has 2 aliphatic heterocycles. The molecule has 1 unspecified atom stereocenters. The van der Waals surface area contributed by atoms with Gasteiger partial charge in [0.15, 0.2) is 23.0 Å². The molecule has 0 bridgehead atoms. The van der Waals surface area contributed by atoms with Crippen LogP contribution in [-0.4, -0.2) is 45.6 Å². The maximum atomic E-state index is 13.7. The molecule has 10 nitrogen and oxygen atoms in total. The van der Waals surface area contributed by atoms with Crippen LogP contribution in [0.25, 0.3) is 22.1 Å². The minimum Gasteiger partial charge on any atom is -0.507 e. The third-order valence-corrected chi connectivity index (χ3v) is 6.92. The zero-order valence-corrected chi connectivity index (χ0v) is 21.4. The van der Waals surface area contributed by atoms with Crippen molar-refractivity contribution in [3.05, 3.63) is 64.0 Å². The van der Waals surface area contributed by atoms with Gasteiger partial charge in [0.25, 0.3) is 0 Å². The van der Waals surface area contributed by atoms with Crippen LogP contribution in [0.5, 0.6) is 40.2 Å². The molecule has 3 heterocycles. The van der Waals surface area contributed by atoms with Crippen molar-refractivity contribution in [1.29, 1.82) is 0 Å². The summed E-state index contributed by atoms with van der Waals surface area (Å²) >= 11 is 0. The normalized spacial score (nSPS) is 15.9. The van der Waals surface area contributed by atoms with Gasteiger partial charge in [-0.2, -0.15) is 0 Å². The first-order valence-corrected chi connectivity index (χ1v) is 12.2. The topological polar surface area (TPSA) is 123 Å². The Kier molecular flexibility index (Phi) is 5.94. The van der Waals surface area contributed by atoms with Crippen LogP contribution in [0.3, 0.4) is 0 Å². The number of hydrogen-bond donors (Lipinski definition) is 1. The van der Waals surface area contributed by atoms with Crippen molar-refractivity contribution in [2.45, 2.75) is 12.3 Å². The van der Waals surface area contributed by atoms with E-state index < -0.39 is 17.3 Å². The predicted octanol–water partition coefficient (Wildman–Crippen LogP) is 4.40. The lowest BCUT2D eigenvalue weighted by Gasteiger charge is -2.28. The summed E-state index contributed by atoms with van der Waals surface area (Å²) in [6.45, 7) is 0.756. The molecule has 1 aromatic heterocycles. The summed E-state index contributed by atoms with van der Waals surface area (Å²) < 4.78 is 39.2. The Morgan fingerprint density at radius 3 is 2.41 bits per heavy atom. The van der Waals surface area contributed by atoms with E-state index in [-0.39, 0.29) is 34.5 Å². The van der Waals surface area contributed by atoms with Gasteiger partial charge in [0.05, 0.1) is 33.3 Å². The van der Waals surface area contributed by atoms with Crippen LogP contribution in [-0.2, 0) is 4.79 Å². The predicted molar refractivity (Wildman–Crippen MR) is 139 cm³/mol. The molecule has 0 amide bonds. The number of hydrogen-bond acceptors (Lipinski definition) is 10. The molecule has 6 rings (SSSR count). The highest BCUT2D eigenvalue weighted by atomic mass is 16.6. The Labute approximate surface area is 222 Å². The summed E-state index contributed by atoms with van der Waals surface area (Å²) in [6, 6.07) is 9.83. The van der Waals surface area contributed by atoms with Crippen LogP contribution in [0.4, 0.5) is 0 Å². The molecule has 10 heteroatoms. The molecule has 0 radical (unpaired) electrons. The molecule has 3 aromatic carbocycles. The number of carbonyl (C=O) groups excluding carboxylic acids is 1. The van der Waals surface area contributed by atoms with Gasteiger partial charge >= 0.3 is 5.97 Å². The molecule has 0 spiro atoms. The Morgan fingerprint density at radius 1 is 0.872 bits per heavy atom. The Hall–Kier alpha value is -4.86. The molecule has 0 fully saturated rings. The van der Waals surface area contributed by atoms with Crippen molar-refractivity contribution in [3.8, 4) is 51.4 Å². The monoisotopic (exact) mass is 532 g/mol. The third kappa shape index (κ3) is 3.96. The number of benzene rings is 3. The maximum absolute atomic E-state index is 13.7.